The molecule has 2 atom stereocenters. The Labute approximate surface area is 107 Å². The molecule has 0 aromatic heterocycles. The van der Waals surface area contributed by atoms with Gasteiger partial charge in [-0.3, -0.25) is 14.5 Å². The minimum absolute atomic E-state index is 0.0602. The monoisotopic (exact) mass is 259 g/mol. The summed E-state index contributed by atoms with van der Waals surface area (Å²) >= 11 is 0. The predicted octanol–water partition coefficient (Wildman–Crippen LogP) is -0.410. The minimum Gasteiger partial charge on any atom is -0.466 e. The van der Waals surface area contributed by atoms with Crippen LogP contribution in [0.25, 0.3) is 0 Å². The van der Waals surface area contributed by atoms with Crippen molar-refractivity contribution in [2.45, 2.75) is 32.4 Å². The maximum absolute atomic E-state index is 11.7. The standard InChI is InChI=1S/C12H21NO5/c1-3-17-12(16)4-10(15)5-13-6-11(7-14)18-8-9(13)2/h9,11,14H,3-8H2,1-2H3. The second-order valence-corrected chi connectivity index (χ2v) is 4.44. The lowest BCUT2D eigenvalue weighted by atomic mass is 10.1. The van der Waals surface area contributed by atoms with Gasteiger partial charge in [-0.25, -0.2) is 0 Å². The molecule has 0 radical (unpaired) electrons. The Hall–Kier alpha value is -0.980. The van der Waals surface area contributed by atoms with Gasteiger partial charge in [0, 0.05) is 12.6 Å². The van der Waals surface area contributed by atoms with E-state index in [9.17, 15) is 9.59 Å². The van der Waals surface area contributed by atoms with Crippen LogP contribution in [0.1, 0.15) is 20.3 Å². The summed E-state index contributed by atoms with van der Waals surface area (Å²) in [6.07, 6.45) is -0.446. The van der Waals surface area contributed by atoms with Crippen LogP contribution in [0.3, 0.4) is 0 Å². The van der Waals surface area contributed by atoms with E-state index in [4.69, 9.17) is 14.6 Å². The molecular formula is C12H21NO5. The lowest BCUT2D eigenvalue weighted by molar-refractivity contribution is -0.146. The van der Waals surface area contributed by atoms with E-state index in [0.717, 1.165) is 0 Å². The topological polar surface area (TPSA) is 76.1 Å². The van der Waals surface area contributed by atoms with E-state index in [1.807, 2.05) is 11.8 Å². The summed E-state index contributed by atoms with van der Waals surface area (Å²) in [6, 6.07) is 0.110. The van der Waals surface area contributed by atoms with E-state index in [1.54, 1.807) is 6.92 Å². The molecule has 1 aliphatic heterocycles. The van der Waals surface area contributed by atoms with Crippen LogP contribution in [0.15, 0.2) is 0 Å². The number of rotatable bonds is 6. The van der Waals surface area contributed by atoms with Gasteiger partial charge >= 0.3 is 5.97 Å². The van der Waals surface area contributed by atoms with Gasteiger partial charge in [0.05, 0.1) is 32.5 Å². The predicted molar refractivity (Wildman–Crippen MR) is 64.1 cm³/mol. The zero-order chi connectivity index (χ0) is 13.5. The van der Waals surface area contributed by atoms with E-state index < -0.39 is 5.97 Å². The Kier molecular flexibility index (Phi) is 6.24. The number of hydrogen-bond acceptors (Lipinski definition) is 6. The molecule has 2 unspecified atom stereocenters. The third kappa shape index (κ3) is 4.72. The highest BCUT2D eigenvalue weighted by Gasteiger charge is 2.27. The molecule has 0 saturated carbocycles. The molecule has 0 bridgehead atoms. The van der Waals surface area contributed by atoms with Gasteiger partial charge in [0.2, 0.25) is 0 Å². The fourth-order valence-corrected chi connectivity index (χ4v) is 1.86. The maximum atomic E-state index is 11.7. The molecule has 104 valence electrons. The van der Waals surface area contributed by atoms with Crippen LogP contribution in [0.4, 0.5) is 0 Å². The highest BCUT2D eigenvalue weighted by Crippen LogP contribution is 2.11. The smallest absolute Gasteiger partial charge is 0.313 e. The summed E-state index contributed by atoms with van der Waals surface area (Å²) in [5.74, 6) is -0.652. The first-order valence-electron chi connectivity index (χ1n) is 6.20. The summed E-state index contributed by atoms with van der Waals surface area (Å²) in [4.78, 5) is 24.8. The summed E-state index contributed by atoms with van der Waals surface area (Å²) in [5.41, 5.74) is 0. The molecule has 1 N–H and O–H groups in total. The van der Waals surface area contributed by atoms with Crippen molar-refractivity contribution in [2.75, 3.05) is 32.9 Å². The highest BCUT2D eigenvalue weighted by molar-refractivity contribution is 5.96. The first-order valence-corrected chi connectivity index (χ1v) is 6.20. The van der Waals surface area contributed by atoms with E-state index in [2.05, 4.69) is 0 Å². The first-order chi connectivity index (χ1) is 8.56. The van der Waals surface area contributed by atoms with Crippen molar-refractivity contribution in [2.24, 2.45) is 0 Å². The largest absolute Gasteiger partial charge is 0.466 e. The van der Waals surface area contributed by atoms with Crippen molar-refractivity contribution >= 4 is 11.8 Å². The molecule has 0 aromatic rings. The number of aliphatic hydroxyl groups excluding tert-OH is 1. The van der Waals surface area contributed by atoms with Crippen molar-refractivity contribution in [3.05, 3.63) is 0 Å². The molecule has 0 aliphatic carbocycles. The van der Waals surface area contributed by atoms with Crippen molar-refractivity contribution < 1.29 is 24.2 Å². The van der Waals surface area contributed by atoms with Crippen LogP contribution >= 0.6 is 0 Å². The second kappa shape index (κ2) is 7.45. The Morgan fingerprint density at radius 1 is 1.50 bits per heavy atom. The van der Waals surface area contributed by atoms with Crippen molar-refractivity contribution in [3.8, 4) is 0 Å². The lowest BCUT2D eigenvalue weighted by Crippen LogP contribution is -2.51. The quantitative estimate of drug-likeness (QED) is 0.516. The molecule has 6 heteroatoms. The zero-order valence-electron chi connectivity index (χ0n) is 10.9. The van der Waals surface area contributed by atoms with Crippen LogP contribution in [0, 0.1) is 0 Å². The van der Waals surface area contributed by atoms with Crippen molar-refractivity contribution in [1.29, 1.82) is 0 Å². The van der Waals surface area contributed by atoms with Gasteiger partial charge in [0.25, 0.3) is 0 Å². The molecule has 0 spiro atoms. The highest BCUT2D eigenvalue weighted by atomic mass is 16.5. The molecule has 1 fully saturated rings. The van der Waals surface area contributed by atoms with Gasteiger partial charge in [0.15, 0.2) is 5.78 Å². The molecule has 18 heavy (non-hydrogen) atoms. The van der Waals surface area contributed by atoms with Gasteiger partial charge in [-0.2, -0.15) is 0 Å². The Morgan fingerprint density at radius 2 is 2.22 bits per heavy atom. The molecule has 1 aliphatic rings. The van der Waals surface area contributed by atoms with Crippen LogP contribution in [0.5, 0.6) is 0 Å². The average Bonchev–Trinajstić information content (AvgIpc) is 2.32. The summed E-state index contributed by atoms with van der Waals surface area (Å²) in [6.45, 7) is 5.06. The van der Waals surface area contributed by atoms with Gasteiger partial charge < -0.3 is 14.6 Å². The Bertz CT molecular complexity index is 294. The SMILES string of the molecule is CCOC(=O)CC(=O)CN1CC(CO)OCC1C. The lowest BCUT2D eigenvalue weighted by Gasteiger charge is -2.36. The van der Waals surface area contributed by atoms with Crippen LogP contribution in [-0.4, -0.2) is 66.8 Å². The van der Waals surface area contributed by atoms with E-state index in [-0.39, 0.29) is 44.1 Å². The average molecular weight is 259 g/mol. The first kappa shape index (κ1) is 15.1. The fourth-order valence-electron chi connectivity index (χ4n) is 1.86. The number of carbonyl (C=O) groups is 2. The number of ether oxygens (including phenoxy) is 2. The minimum atomic E-state index is -0.484. The van der Waals surface area contributed by atoms with Gasteiger partial charge in [-0.15, -0.1) is 0 Å². The maximum Gasteiger partial charge on any atom is 0.313 e. The number of Topliss-reactive ketones (excluding diaryl/α,β-unsaturated/α-hetero) is 1. The second-order valence-electron chi connectivity index (χ2n) is 4.44. The van der Waals surface area contributed by atoms with Crippen LogP contribution in [0.2, 0.25) is 0 Å². The molecule has 0 amide bonds. The van der Waals surface area contributed by atoms with E-state index in [1.165, 1.54) is 0 Å². The molecular weight excluding hydrogens is 238 g/mol. The molecule has 6 nitrogen and oxygen atoms in total. The Balaban J connectivity index is 2.39. The van der Waals surface area contributed by atoms with Gasteiger partial charge in [0.1, 0.15) is 6.42 Å². The van der Waals surface area contributed by atoms with Crippen LogP contribution < -0.4 is 0 Å². The van der Waals surface area contributed by atoms with E-state index >= 15 is 0 Å². The number of carbonyl (C=O) groups excluding carboxylic acids is 2. The number of esters is 1. The summed E-state index contributed by atoms with van der Waals surface area (Å²) in [5, 5.41) is 9.03. The van der Waals surface area contributed by atoms with Crippen molar-refractivity contribution in [1.82, 2.24) is 4.90 Å². The van der Waals surface area contributed by atoms with E-state index in [0.29, 0.717) is 13.2 Å². The zero-order valence-corrected chi connectivity index (χ0v) is 10.9. The third-order valence-electron chi connectivity index (χ3n) is 2.86. The third-order valence-corrected chi connectivity index (χ3v) is 2.86. The molecule has 0 aromatic carbocycles. The molecule has 1 heterocycles. The number of ketones is 1. The number of hydrogen-bond donors (Lipinski definition) is 1. The molecule has 1 saturated heterocycles. The Morgan fingerprint density at radius 3 is 2.83 bits per heavy atom. The number of nitrogens with zero attached hydrogens (tertiary/aromatic N) is 1. The van der Waals surface area contributed by atoms with Crippen molar-refractivity contribution in [3.63, 3.8) is 0 Å². The summed E-state index contributed by atoms with van der Waals surface area (Å²) < 4.78 is 10.1. The number of morpholine rings is 1. The fraction of sp³-hybridized carbons (Fsp3) is 0.833. The normalized spacial score (nSPS) is 24.8. The number of aliphatic hydroxyl groups is 1. The van der Waals surface area contributed by atoms with Gasteiger partial charge in [-0.05, 0) is 13.8 Å². The summed E-state index contributed by atoms with van der Waals surface area (Å²) in [7, 11) is 0. The van der Waals surface area contributed by atoms with Gasteiger partial charge in [-0.1, -0.05) is 0 Å². The van der Waals surface area contributed by atoms with Crippen LogP contribution in [-0.2, 0) is 19.1 Å². The molecule has 1 rings (SSSR count).